The molecule has 0 aromatic rings. The maximum atomic E-state index is 3.94. The van der Waals surface area contributed by atoms with Gasteiger partial charge in [-0.3, -0.25) is 0 Å². The van der Waals surface area contributed by atoms with Gasteiger partial charge in [0.1, 0.15) is 0 Å². The lowest BCUT2D eigenvalue weighted by Crippen LogP contribution is -1.94. The van der Waals surface area contributed by atoms with Crippen molar-refractivity contribution < 1.29 is 0 Å². The molecule has 1 heterocycles. The first kappa shape index (κ1) is 7.64. The second-order valence-corrected chi connectivity index (χ2v) is 3.60. The van der Waals surface area contributed by atoms with Crippen LogP contribution in [0.15, 0.2) is 21.0 Å². The Morgan fingerprint density at radius 3 is 2.70 bits per heavy atom. The lowest BCUT2D eigenvalue weighted by molar-refractivity contribution is 0.788. The molecular weight excluding hydrogens is 142 g/mol. The van der Waals surface area contributed by atoms with Gasteiger partial charge < -0.3 is 0 Å². The normalized spacial score (nSPS) is 17.2. The Morgan fingerprint density at radius 2 is 2.30 bits per heavy atom. The highest BCUT2D eigenvalue weighted by atomic mass is 32.2. The fraction of sp³-hybridized carbons (Fsp3) is 0.500. The molecule has 0 fully saturated rings. The van der Waals surface area contributed by atoms with Crippen molar-refractivity contribution in [3.8, 4) is 0 Å². The zero-order valence-corrected chi connectivity index (χ0v) is 7.33. The average molecular weight is 153 g/mol. The Morgan fingerprint density at radius 1 is 1.60 bits per heavy atom. The van der Waals surface area contributed by atoms with Crippen LogP contribution in [-0.2, 0) is 0 Å². The van der Waals surface area contributed by atoms with Crippen molar-refractivity contribution >= 4 is 17.8 Å². The van der Waals surface area contributed by atoms with Gasteiger partial charge >= 0.3 is 0 Å². The molecule has 0 amide bonds. The summed E-state index contributed by atoms with van der Waals surface area (Å²) in [6.45, 7) is 6.46. The molecule has 1 rings (SSSR count). The summed E-state index contributed by atoms with van der Waals surface area (Å²) in [6.07, 6.45) is 1.97. The summed E-state index contributed by atoms with van der Waals surface area (Å²) < 4.78 is 3.94. The Labute approximate surface area is 66.1 Å². The Hall–Kier alpha value is -0.460. The van der Waals surface area contributed by atoms with Crippen LogP contribution in [0.1, 0.15) is 20.8 Å². The Bertz CT molecular complexity index is 219. The topological polar surface area (TPSA) is 12.4 Å². The van der Waals surface area contributed by atoms with Crippen molar-refractivity contribution in [2.45, 2.75) is 20.8 Å². The van der Waals surface area contributed by atoms with E-state index < -0.39 is 0 Å². The van der Waals surface area contributed by atoms with Gasteiger partial charge in [-0.2, -0.15) is 4.40 Å². The summed E-state index contributed by atoms with van der Waals surface area (Å²) >= 11 is 1.52. The van der Waals surface area contributed by atoms with Crippen LogP contribution in [0, 0.1) is 5.92 Å². The molecule has 10 heavy (non-hydrogen) atoms. The summed E-state index contributed by atoms with van der Waals surface area (Å²) in [4.78, 5) is 1.30. The number of nitrogens with zero attached hydrogens (tertiary/aromatic N) is 1. The minimum absolute atomic E-state index is 0.593. The fourth-order valence-electron chi connectivity index (χ4n) is 0.918. The molecule has 54 valence electrons. The van der Waals surface area contributed by atoms with E-state index in [-0.39, 0.29) is 0 Å². The van der Waals surface area contributed by atoms with Crippen molar-refractivity contribution in [2.24, 2.45) is 10.3 Å². The van der Waals surface area contributed by atoms with Gasteiger partial charge in [0, 0.05) is 22.9 Å². The molecule has 1 aliphatic heterocycles. The summed E-state index contributed by atoms with van der Waals surface area (Å²) in [6, 6.07) is 0. The molecule has 0 N–H and O–H groups in total. The lowest BCUT2D eigenvalue weighted by atomic mass is 10.0. The molecule has 0 unspecified atom stereocenters. The van der Waals surface area contributed by atoms with Crippen molar-refractivity contribution in [1.82, 2.24) is 0 Å². The fourth-order valence-corrected chi connectivity index (χ4v) is 1.56. The Balaban J connectivity index is 2.91. The van der Waals surface area contributed by atoms with Gasteiger partial charge in [-0.1, -0.05) is 13.8 Å². The number of hydrogen-bond donors (Lipinski definition) is 0. The zero-order valence-electron chi connectivity index (χ0n) is 6.51. The molecule has 0 aromatic heterocycles. The van der Waals surface area contributed by atoms with Crippen LogP contribution in [0.5, 0.6) is 0 Å². The molecule has 0 radical (unpaired) electrons. The molecule has 2 heteroatoms. The highest BCUT2D eigenvalue weighted by Gasteiger charge is 2.06. The first-order valence-electron chi connectivity index (χ1n) is 3.38. The van der Waals surface area contributed by atoms with E-state index in [0.717, 1.165) is 0 Å². The van der Waals surface area contributed by atoms with Crippen LogP contribution in [0.25, 0.3) is 0 Å². The zero-order chi connectivity index (χ0) is 7.56. The number of allylic oxidation sites excluding steroid dienone is 3. The van der Waals surface area contributed by atoms with Gasteiger partial charge in [-0.25, -0.2) is 0 Å². The van der Waals surface area contributed by atoms with Crippen LogP contribution in [0.2, 0.25) is 0 Å². The monoisotopic (exact) mass is 153 g/mol. The van der Waals surface area contributed by atoms with E-state index in [1.165, 1.54) is 22.4 Å². The molecule has 0 aromatic carbocycles. The average Bonchev–Trinajstić information content (AvgIpc) is 1.88. The van der Waals surface area contributed by atoms with Gasteiger partial charge in [-0.15, -0.1) is 0 Å². The minimum Gasteiger partial charge on any atom is -0.168 e. The van der Waals surface area contributed by atoms with Gasteiger partial charge in [0.25, 0.3) is 0 Å². The van der Waals surface area contributed by atoms with Gasteiger partial charge in [0.15, 0.2) is 0 Å². The van der Waals surface area contributed by atoms with Crippen LogP contribution in [0.4, 0.5) is 0 Å². The summed E-state index contributed by atoms with van der Waals surface area (Å²) in [5, 5.41) is 0. The summed E-state index contributed by atoms with van der Waals surface area (Å²) in [5.41, 5.74) is 1.36. The van der Waals surface area contributed by atoms with Crippen molar-refractivity contribution in [2.75, 3.05) is 0 Å². The molecule has 1 nitrogen and oxygen atoms in total. The Kier molecular flexibility index (Phi) is 2.36. The predicted octanol–water partition coefficient (Wildman–Crippen LogP) is 2.80. The molecule has 0 atom stereocenters. The van der Waals surface area contributed by atoms with Crippen LogP contribution >= 0.6 is 11.9 Å². The van der Waals surface area contributed by atoms with E-state index in [1.54, 1.807) is 0 Å². The van der Waals surface area contributed by atoms with Gasteiger partial charge in [0.05, 0.1) is 0 Å². The summed E-state index contributed by atoms with van der Waals surface area (Å²) in [7, 11) is 0. The van der Waals surface area contributed by atoms with Crippen molar-refractivity contribution in [3.05, 3.63) is 16.6 Å². The maximum absolute atomic E-state index is 3.94. The maximum Gasteiger partial charge on any atom is 0.0163 e. The third kappa shape index (κ3) is 1.53. The lowest BCUT2D eigenvalue weighted by Gasteiger charge is -2.09. The minimum atomic E-state index is 0.593. The first-order valence-corrected chi connectivity index (χ1v) is 4.15. The highest BCUT2D eigenvalue weighted by molar-refractivity contribution is 8.02. The number of hydrogen-bond acceptors (Lipinski definition) is 2. The van der Waals surface area contributed by atoms with Crippen LogP contribution in [0.3, 0.4) is 0 Å². The van der Waals surface area contributed by atoms with Crippen LogP contribution in [-0.4, -0.2) is 5.87 Å². The van der Waals surface area contributed by atoms with E-state index in [9.17, 15) is 0 Å². The van der Waals surface area contributed by atoms with Gasteiger partial charge in [0.2, 0.25) is 0 Å². The van der Waals surface area contributed by atoms with E-state index >= 15 is 0 Å². The highest BCUT2D eigenvalue weighted by Crippen LogP contribution is 2.27. The van der Waals surface area contributed by atoms with Crippen LogP contribution < -0.4 is 0 Å². The third-order valence-corrected chi connectivity index (χ3v) is 2.19. The second-order valence-electron chi connectivity index (χ2n) is 2.62. The molecule has 1 aliphatic rings. The standard InChI is InChI=1S/C8H11NS/c1-6(2)8-4-5-9-10-7(8)3/h4,6H,1-3H3. The molecule has 0 saturated heterocycles. The first-order chi connectivity index (χ1) is 4.72. The molecule has 0 aliphatic carbocycles. The smallest absolute Gasteiger partial charge is 0.0163 e. The van der Waals surface area contributed by atoms with E-state index in [0.29, 0.717) is 5.92 Å². The molecule has 0 saturated carbocycles. The van der Waals surface area contributed by atoms with E-state index in [1.807, 2.05) is 6.08 Å². The molecular formula is C8H11NS. The predicted molar refractivity (Wildman–Crippen MR) is 47.1 cm³/mol. The van der Waals surface area contributed by atoms with E-state index in [4.69, 9.17) is 0 Å². The van der Waals surface area contributed by atoms with E-state index in [2.05, 4.69) is 31.0 Å². The molecule has 0 spiro atoms. The third-order valence-electron chi connectivity index (χ3n) is 1.48. The quantitative estimate of drug-likeness (QED) is 0.528. The largest absolute Gasteiger partial charge is 0.168 e. The summed E-state index contributed by atoms with van der Waals surface area (Å²) in [5.74, 6) is 3.44. The van der Waals surface area contributed by atoms with Crippen molar-refractivity contribution in [3.63, 3.8) is 0 Å². The van der Waals surface area contributed by atoms with Gasteiger partial charge in [-0.05, 0) is 24.3 Å². The second kappa shape index (κ2) is 3.09. The number of rotatable bonds is 1. The van der Waals surface area contributed by atoms with Crippen molar-refractivity contribution in [1.29, 1.82) is 0 Å². The SMILES string of the molecule is CC1=C(C(C)C)C=C=NS1. The molecule has 0 bridgehead atoms.